The van der Waals surface area contributed by atoms with E-state index in [4.69, 9.17) is 14.4 Å². The Morgan fingerprint density at radius 1 is 0.333 bits per heavy atom. The van der Waals surface area contributed by atoms with Crippen molar-refractivity contribution in [3.05, 3.63) is 182 Å². The van der Waals surface area contributed by atoms with E-state index in [9.17, 15) is 0 Å². The third-order valence-corrected chi connectivity index (χ3v) is 9.91. The van der Waals surface area contributed by atoms with Crippen LogP contribution in [-0.2, 0) is 0 Å². The number of aromatic nitrogens is 2. The molecular formula is C48H30N2O. The zero-order valence-corrected chi connectivity index (χ0v) is 27.6. The number of para-hydroxylation sites is 2. The largest absolute Gasteiger partial charge is 0.455 e. The third kappa shape index (κ3) is 5.06. The highest BCUT2D eigenvalue weighted by molar-refractivity contribution is 6.14. The SMILES string of the molecule is c1ccc(-c2nc(-c3ccc(-c4cc5ccccc5c5ccccc45)cc3)cc(-c3ccc(-c4cccc5c4oc4ccccc45)cc3)n2)cc1. The van der Waals surface area contributed by atoms with E-state index in [-0.39, 0.29) is 0 Å². The van der Waals surface area contributed by atoms with E-state index < -0.39 is 0 Å². The fourth-order valence-electron chi connectivity index (χ4n) is 7.37. The lowest BCUT2D eigenvalue weighted by Crippen LogP contribution is -1.96. The Kier molecular flexibility index (Phi) is 6.81. The highest BCUT2D eigenvalue weighted by atomic mass is 16.3. The molecule has 0 spiro atoms. The van der Waals surface area contributed by atoms with Gasteiger partial charge in [-0.2, -0.15) is 0 Å². The fraction of sp³-hybridized carbons (Fsp3) is 0. The van der Waals surface area contributed by atoms with Gasteiger partial charge in [0.05, 0.1) is 11.4 Å². The van der Waals surface area contributed by atoms with Crippen molar-refractivity contribution in [2.45, 2.75) is 0 Å². The standard InChI is InChI=1S/C48H30N2O/c1-2-11-35(12-3-1)48-49-44(33-25-21-31(22-26-33)38-18-10-19-42-41-17-8-9-20-46(41)51-47(38)42)30-45(50-48)34-27-23-32(24-28-34)43-29-36-13-4-5-14-37(36)39-15-6-7-16-40(39)43/h1-30H. The van der Waals surface area contributed by atoms with Crippen LogP contribution in [0.25, 0.3) is 99.6 Å². The van der Waals surface area contributed by atoms with Crippen molar-refractivity contribution in [1.29, 1.82) is 0 Å². The van der Waals surface area contributed by atoms with Gasteiger partial charge in [0.25, 0.3) is 0 Å². The molecule has 0 aliphatic heterocycles. The quantitative estimate of drug-likeness (QED) is 0.174. The smallest absolute Gasteiger partial charge is 0.160 e. The summed E-state index contributed by atoms with van der Waals surface area (Å²) in [7, 11) is 0. The van der Waals surface area contributed by atoms with Gasteiger partial charge in [-0.3, -0.25) is 0 Å². The molecule has 238 valence electrons. The molecule has 10 rings (SSSR count). The van der Waals surface area contributed by atoms with Crippen LogP contribution in [0.15, 0.2) is 186 Å². The first-order valence-electron chi connectivity index (χ1n) is 17.2. The average Bonchev–Trinajstić information content (AvgIpc) is 3.60. The molecule has 0 amide bonds. The van der Waals surface area contributed by atoms with Crippen molar-refractivity contribution in [2.24, 2.45) is 0 Å². The maximum Gasteiger partial charge on any atom is 0.160 e. The van der Waals surface area contributed by atoms with Crippen molar-refractivity contribution in [3.8, 4) is 56.2 Å². The van der Waals surface area contributed by atoms with Crippen LogP contribution < -0.4 is 0 Å². The number of fused-ring (bicyclic) bond motifs is 6. The highest BCUT2D eigenvalue weighted by Crippen LogP contribution is 2.38. The lowest BCUT2D eigenvalue weighted by Gasteiger charge is -2.13. The van der Waals surface area contributed by atoms with Crippen molar-refractivity contribution in [1.82, 2.24) is 9.97 Å². The molecule has 3 heteroatoms. The molecule has 8 aromatic carbocycles. The zero-order chi connectivity index (χ0) is 33.7. The van der Waals surface area contributed by atoms with E-state index in [1.54, 1.807) is 0 Å². The molecule has 0 fully saturated rings. The summed E-state index contributed by atoms with van der Waals surface area (Å²) in [6.07, 6.45) is 0. The molecule has 0 aliphatic rings. The minimum atomic E-state index is 0.698. The molecule has 0 unspecified atom stereocenters. The maximum absolute atomic E-state index is 6.34. The van der Waals surface area contributed by atoms with E-state index in [0.29, 0.717) is 5.82 Å². The van der Waals surface area contributed by atoms with Crippen LogP contribution in [0.4, 0.5) is 0 Å². The summed E-state index contributed by atoms with van der Waals surface area (Å²) in [5.41, 5.74) is 11.2. The van der Waals surface area contributed by atoms with Gasteiger partial charge in [0.2, 0.25) is 0 Å². The summed E-state index contributed by atoms with van der Waals surface area (Å²) in [5.74, 6) is 0.698. The number of nitrogens with zero attached hydrogens (tertiary/aromatic N) is 2. The van der Waals surface area contributed by atoms with Gasteiger partial charge >= 0.3 is 0 Å². The van der Waals surface area contributed by atoms with E-state index in [1.165, 1.54) is 32.7 Å². The second-order valence-corrected chi connectivity index (χ2v) is 13.0. The Morgan fingerprint density at radius 2 is 0.882 bits per heavy atom. The minimum Gasteiger partial charge on any atom is -0.455 e. The monoisotopic (exact) mass is 650 g/mol. The zero-order valence-electron chi connectivity index (χ0n) is 27.6. The van der Waals surface area contributed by atoms with Crippen molar-refractivity contribution >= 4 is 43.5 Å². The van der Waals surface area contributed by atoms with E-state index in [0.717, 1.165) is 61.1 Å². The second-order valence-electron chi connectivity index (χ2n) is 13.0. The molecule has 0 saturated carbocycles. The molecule has 0 radical (unpaired) electrons. The summed E-state index contributed by atoms with van der Waals surface area (Å²) >= 11 is 0. The summed E-state index contributed by atoms with van der Waals surface area (Å²) in [4.78, 5) is 10.2. The van der Waals surface area contributed by atoms with Gasteiger partial charge in [0.15, 0.2) is 5.82 Å². The topological polar surface area (TPSA) is 38.9 Å². The molecule has 0 N–H and O–H groups in total. The van der Waals surface area contributed by atoms with Crippen LogP contribution >= 0.6 is 0 Å². The summed E-state index contributed by atoms with van der Waals surface area (Å²) in [6, 6.07) is 63.8. The fourth-order valence-corrected chi connectivity index (χ4v) is 7.37. The Morgan fingerprint density at radius 3 is 1.61 bits per heavy atom. The Bertz CT molecular complexity index is 2890. The third-order valence-electron chi connectivity index (χ3n) is 9.91. The van der Waals surface area contributed by atoms with Crippen LogP contribution in [0.1, 0.15) is 0 Å². The number of furan rings is 1. The first-order valence-corrected chi connectivity index (χ1v) is 17.2. The molecule has 0 aliphatic carbocycles. The normalized spacial score (nSPS) is 11.5. The van der Waals surface area contributed by atoms with Gasteiger partial charge in [0.1, 0.15) is 11.2 Å². The maximum atomic E-state index is 6.34. The van der Waals surface area contributed by atoms with Crippen molar-refractivity contribution in [2.75, 3.05) is 0 Å². The number of rotatable bonds is 5. The van der Waals surface area contributed by atoms with Gasteiger partial charge in [0, 0.05) is 33.0 Å². The average molecular weight is 651 g/mol. The molecule has 3 nitrogen and oxygen atoms in total. The molecular weight excluding hydrogens is 621 g/mol. The molecule has 0 bridgehead atoms. The van der Waals surface area contributed by atoms with Gasteiger partial charge in [-0.05, 0) is 56.4 Å². The molecule has 10 aromatic rings. The highest BCUT2D eigenvalue weighted by Gasteiger charge is 2.15. The van der Waals surface area contributed by atoms with Crippen LogP contribution in [-0.4, -0.2) is 9.97 Å². The first-order chi connectivity index (χ1) is 25.3. The van der Waals surface area contributed by atoms with Crippen molar-refractivity contribution < 1.29 is 4.42 Å². The molecule has 0 atom stereocenters. The Hall–Kier alpha value is -6.84. The van der Waals surface area contributed by atoms with Crippen molar-refractivity contribution in [3.63, 3.8) is 0 Å². The van der Waals surface area contributed by atoms with Crippen LogP contribution in [0.3, 0.4) is 0 Å². The van der Waals surface area contributed by atoms with Gasteiger partial charge in [-0.1, -0.05) is 164 Å². The predicted octanol–water partition coefficient (Wildman–Crippen LogP) is 13.0. The van der Waals surface area contributed by atoms with Crippen LogP contribution in [0, 0.1) is 0 Å². The Balaban J connectivity index is 1.05. The number of hydrogen-bond donors (Lipinski definition) is 0. The van der Waals surface area contributed by atoms with Gasteiger partial charge < -0.3 is 4.42 Å². The summed E-state index contributed by atoms with van der Waals surface area (Å²) in [5, 5.41) is 7.28. The van der Waals surface area contributed by atoms with Crippen LogP contribution in [0.5, 0.6) is 0 Å². The Labute approximate surface area is 295 Å². The van der Waals surface area contributed by atoms with E-state index >= 15 is 0 Å². The van der Waals surface area contributed by atoms with E-state index in [2.05, 4.69) is 152 Å². The van der Waals surface area contributed by atoms with Gasteiger partial charge in [-0.15, -0.1) is 0 Å². The van der Waals surface area contributed by atoms with E-state index in [1.807, 2.05) is 30.3 Å². The molecule has 51 heavy (non-hydrogen) atoms. The lowest BCUT2D eigenvalue weighted by atomic mass is 9.93. The second kappa shape index (κ2) is 11.9. The molecule has 2 heterocycles. The van der Waals surface area contributed by atoms with Gasteiger partial charge in [-0.25, -0.2) is 9.97 Å². The summed E-state index contributed by atoms with van der Waals surface area (Å²) < 4.78 is 6.34. The summed E-state index contributed by atoms with van der Waals surface area (Å²) in [6.45, 7) is 0. The molecule has 2 aromatic heterocycles. The lowest BCUT2D eigenvalue weighted by molar-refractivity contribution is 0.670. The number of benzene rings is 8. The minimum absolute atomic E-state index is 0.698. The first kappa shape index (κ1) is 29.1. The molecule has 0 saturated heterocycles. The predicted molar refractivity (Wildman–Crippen MR) is 212 cm³/mol. The number of hydrogen-bond acceptors (Lipinski definition) is 3. The van der Waals surface area contributed by atoms with Crippen LogP contribution in [0.2, 0.25) is 0 Å².